The van der Waals surface area contributed by atoms with Crippen LogP contribution < -0.4 is 20.6 Å². The van der Waals surface area contributed by atoms with Crippen LogP contribution in [0.4, 0.5) is 27.1 Å². The maximum absolute atomic E-state index is 15.5. The predicted molar refractivity (Wildman–Crippen MR) is 166 cm³/mol. The topological polar surface area (TPSA) is 117 Å². The van der Waals surface area contributed by atoms with Crippen molar-refractivity contribution in [2.75, 3.05) is 48.7 Å². The smallest absolute Gasteiger partial charge is 0.270 e. The van der Waals surface area contributed by atoms with Gasteiger partial charge in [0.15, 0.2) is 0 Å². The van der Waals surface area contributed by atoms with Crippen LogP contribution in [0.5, 0.6) is 0 Å². The van der Waals surface area contributed by atoms with Crippen LogP contribution in [-0.4, -0.2) is 54.9 Å². The lowest BCUT2D eigenvalue weighted by molar-refractivity contribution is -0.384. The summed E-state index contributed by atoms with van der Waals surface area (Å²) in [6.45, 7) is 7.81. The molecule has 2 atom stereocenters. The molecule has 5 rings (SSSR count). The predicted octanol–water partition coefficient (Wildman–Crippen LogP) is 6.13. The first-order valence-corrected chi connectivity index (χ1v) is 15.9. The van der Waals surface area contributed by atoms with Gasteiger partial charge < -0.3 is 20.0 Å². The Labute approximate surface area is 252 Å². The molecule has 10 nitrogen and oxygen atoms in total. The van der Waals surface area contributed by atoms with Crippen LogP contribution in [-0.2, 0) is 14.7 Å². The highest BCUT2D eigenvalue weighted by atomic mass is 79.9. The number of benzene rings is 3. The van der Waals surface area contributed by atoms with Gasteiger partial charge in [0.05, 0.1) is 34.8 Å². The van der Waals surface area contributed by atoms with Gasteiger partial charge in [0.1, 0.15) is 5.82 Å². The van der Waals surface area contributed by atoms with Crippen molar-refractivity contribution in [1.82, 2.24) is 4.67 Å². The summed E-state index contributed by atoms with van der Waals surface area (Å²) in [6.07, 6.45) is 0. The lowest BCUT2D eigenvalue weighted by atomic mass is 9.81. The van der Waals surface area contributed by atoms with Gasteiger partial charge in [-0.1, -0.05) is 13.8 Å². The average Bonchev–Trinajstić information content (AvgIpc) is 3.13. The summed E-state index contributed by atoms with van der Waals surface area (Å²) in [5.74, 6) is -0.938. The molecule has 3 aromatic carbocycles. The molecule has 1 amide bonds. The molecule has 0 spiro atoms. The Hall–Kier alpha value is -3.31. The summed E-state index contributed by atoms with van der Waals surface area (Å²) >= 11 is 3.41. The van der Waals surface area contributed by atoms with Gasteiger partial charge in [-0.2, -0.15) is 0 Å². The van der Waals surface area contributed by atoms with E-state index in [1.54, 1.807) is 0 Å². The number of nitrogens with zero attached hydrogens (tertiary/aromatic N) is 3. The van der Waals surface area contributed by atoms with Crippen LogP contribution in [0.1, 0.15) is 36.7 Å². The molecule has 2 unspecified atom stereocenters. The molecule has 2 heterocycles. The molecule has 1 fully saturated rings. The first-order valence-electron chi connectivity index (χ1n) is 13.5. The van der Waals surface area contributed by atoms with Crippen molar-refractivity contribution in [3.8, 4) is 0 Å². The molecule has 2 aliphatic rings. The lowest BCUT2D eigenvalue weighted by Crippen LogP contribution is -2.40. The molecule has 222 valence electrons. The molecule has 42 heavy (non-hydrogen) atoms. The van der Waals surface area contributed by atoms with Gasteiger partial charge in [0, 0.05) is 59.5 Å². The van der Waals surface area contributed by atoms with E-state index in [4.69, 9.17) is 4.74 Å². The second-order valence-corrected chi connectivity index (χ2v) is 14.3. The highest BCUT2D eigenvalue weighted by Gasteiger charge is 2.44. The third-order valence-corrected chi connectivity index (χ3v) is 11.7. The Morgan fingerprint density at radius 1 is 1.12 bits per heavy atom. The second-order valence-electron chi connectivity index (χ2n) is 11.0. The largest absolute Gasteiger partial charge is 0.379 e. The average molecular weight is 660 g/mol. The fraction of sp³-hybridized carbons (Fsp3) is 0.345. The van der Waals surface area contributed by atoms with Crippen LogP contribution in [0.3, 0.4) is 0 Å². The minimum Gasteiger partial charge on any atom is -0.379 e. The number of hydrogen-bond donors (Lipinski definition) is 2. The normalized spacial score (nSPS) is 19.6. The quantitative estimate of drug-likeness (QED) is 0.177. The fourth-order valence-corrected chi connectivity index (χ4v) is 8.62. The van der Waals surface area contributed by atoms with Crippen molar-refractivity contribution in [3.05, 3.63) is 86.1 Å². The number of likely N-dealkylation sites (N-methyl/N-ethyl adjacent to an activating group) is 1. The summed E-state index contributed by atoms with van der Waals surface area (Å²) in [5.41, 5.74) is 2.45. The molecule has 0 bridgehead atoms. The molecule has 2 N–H and O–H groups in total. The van der Waals surface area contributed by atoms with Gasteiger partial charge in [-0.25, -0.2) is 9.06 Å². The number of ether oxygens (including phenoxy) is 1. The van der Waals surface area contributed by atoms with E-state index in [2.05, 4.69) is 52.0 Å². The number of fused-ring (bicyclic) bond motifs is 1. The number of nitrogens with one attached hydrogen (secondary N) is 2. The van der Waals surface area contributed by atoms with E-state index in [9.17, 15) is 19.3 Å². The third-order valence-electron chi connectivity index (χ3n) is 8.32. The number of nitro benzene ring substituents is 1. The first kappa shape index (κ1) is 30.2. The Morgan fingerprint density at radius 2 is 1.79 bits per heavy atom. The number of amides is 1. The maximum Gasteiger partial charge on any atom is 0.270 e. The van der Waals surface area contributed by atoms with Crippen molar-refractivity contribution >= 4 is 57.3 Å². The molecule has 0 radical (unpaired) electrons. The first-order chi connectivity index (χ1) is 19.8. The second kappa shape index (κ2) is 11.4. The SMILES string of the molecule is CC1N(C)c2cc(NC(=O)c3ccc(F)cc3)c(P(=O)(Nc3ccc([N+](=O)[O-])cc3Br)N3CCOCC3)cc2C1(C)C. The Bertz CT molecular complexity index is 1600. The molecular formula is C29H32BrFN5O5P. The summed E-state index contributed by atoms with van der Waals surface area (Å²) in [7, 11) is -1.76. The molecule has 2 aliphatic heterocycles. The Balaban J connectivity index is 1.69. The Morgan fingerprint density at radius 3 is 2.40 bits per heavy atom. The van der Waals surface area contributed by atoms with Crippen LogP contribution in [0, 0.1) is 15.9 Å². The summed E-state index contributed by atoms with van der Waals surface area (Å²) in [5, 5.41) is 17.9. The number of nitro groups is 1. The number of morpholine rings is 1. The standard InChI is InChI=1S/C29H32BrFN5O5P/c1-18-29(2,3)22-16-27(25(17-26(22)34(18)4)32-28(37)19-5-7-20(31)8-6-19)42(40,35-11-13-41-14-12-35)33-24-10-9-21(36(38)39)15-23(24)30/h5-10,15-18H,11-14H2,1-4H3,(H,32,37)(H,33,40). The van der Waals surface area contributed by atoms with Gasteiger partial charge in [0.25, 0.3) is 19.0 Å². The molecule has 0 aliphatic carbocycles. The van der Waals surface area contributed by atoms with Gasteiger partial charge in [-0.05, 0) is 70.9 Å². The number of halogens is 2. The number of non-ortho nitro benzene ring substituents is 1. The number of hydrogen-bond acceptors (Lipinski definition) is 6. The third kappa shape index (κ3) is 5.44. The zero-order valence-electron chi connectivity index (χ0n) is 23.7. The number of rotatable bonds is 7. The van der Waals surface area contributed by atoms with Crippen LogP contribution in [0.25, 0.3) is 0 Å². The molecule has 3 aromatic rings. The molecular weight excluding hydrogens is 628 g/mol. The van der Waals surface area contributed by atoms with E-state index < -0.39 is 24.1 Å². The summed E-state index contributed by atoms with van der Waals surface area (Å²) < 4.78 is 36.8. The van der Waals surface area contributed by atoms with Gasteiger partial charge in [-0.3, -0.25) is 19.5 Å². The minimum absolute atomic E-state index is 0.114. The molecule has 1 saturated heterocycles. The highest BCUT2D eigenvalue weighted by Crippen LogP contribution is 2.54. The van der Waals surface area contributed by atoms with Crippen molar-refractivity contribution in [1.29, 1.82) is 0 Å². The van der Waals surface area contributed by atoms with E-state index >= 15 is 4.57 Å². The lowest BCUT2D eigenvalue weighted by Gasteiger charge is -2.37. The minimum atomic E-state index is -3.75. The van der Waals surface area contributed by atoms with Crippen LogP contribution >= 0.6 is 23.4 Å². The fourth-order valence-electron chi connectivity index (χ4n) is 5.44. The van der Waals surface area contributed by atoms with Crippen molar-refractivity contribution < 1.29 is 23.4 Å². The highest BCUT2D eigenvalue weighted by molar-refractivity contribution is 9.10. The monoisotopic (exact) mass is 659 g/mol. The number of anilines is 3. The molecule has 0 saturated carbocycles. The van der Waals surface area contributed by atoms with E-state index in [0.29, 0.717) is 47.5 Å². The zero-order chi connectivity index (χ0) is 30.4. The van der Waals surface area contributed by atoms with Crippen molar-refractivity contribution in [3.63, 3.8) is 0 Å². The van der Waals surface area contributed by atoms with Gasteiger partial charge in [0.2, 0.25) is 0 Å². The van der Waals surface area contributed by atoms with E-state index in [0.717, 1.165) is 11.3 Å². The van der Waals surface area contributed by atoms with E-state index in [1.807, 2.05) is 23.9 Å². The summed E-state index contributed by atoms with van der Waals surface area (Å²) in [6, 6.07) is 13.3. The van der Waals surface area contributed by atoms with Crippen molar-refractivity contribution in [2.45, 2.75) is 32.2 Å². The van der Waals surface area contributed by atoms with Gasteiger partial charge >= 0.3 is 0 Å². The van der Waals surface area contributed by atoms with Gasteiger partial charge in [-0.15, -0.1) is 0 Å². The van der Waals surface area contributed by atoms with Crippen LogP contribution in [0.15, 0.2) is 59.1 Å². The summed E-state index contributed by atoms with van der Waals surface area (Å²) in [4.78, 5) is 26.4. The van der Waals surface area contributed by atoms with Crippen LogP contribution in [0.2, 0.25) is 0 Å². The van der Waals surface area contributed by atoms with E-state index in [-0.39, 0.29) is 22.7 Å². The number of carbonyl (C=O) groups excluding carboxylic acids is 1. The maximum atomic E-state index is 15.5. The van der Waals surface area contributed by atoms with Crippen molar-refractivity contribution in [2.24, 2.45) is 0 Å². The Kier molecular flexibility index (Phi) is 8.19. The molecule has 13 heteroatoms. The zero-order valence-corrected chi connectivity index (χ0v) is 26.2. The molecule has 0 aromatic heterocycles. The van der Waals surface area contributed by atoms with E-state index in [1.165, 1.54) is 42.5 Å². The number of carbonyl (C=O) groups is 1.